The lowest BCUT2D eigenvalue weighted by atomic mass is 11.0. The topological polar surface area (TPSA) is 0 Å². The van der Waals surface area contributed by atoms with E-state index in [-0.39, 0.29) is 0 Å². The Morgan fingerprint density at radius 3 is 1.75 bits per heavy atom. The van der Waals surface area contributed by atoms with E-state index in [1.54, 1.807) is 0 Å². The molecule has 2 heteroatoms. The van der Waals surface area contributed by atoms with Crippen LogP contribution in [0.3, 0.4) is 0 Å². The van der Waals surface area contributed by atoms with Crippen molar-refractivity contribution in [3.05, 3.63) is 0 Å². The lowest BCUT2D eigenvalue weighted by Crippen LogP contribution is -1.63. The van der Waals surface area contributed by atoms with Gasteiger partial charge < -0.3 is 0 Å². The van der Waals surface area contributed by atoms with Gasteiger partial charge in [-0.25, -0.2) is 0 Å². The SMILES string of the molecule is [2H]C([2H])(Cl)C([2H])([2H])Cl. The molecule has 0 saturated heterocycles. The van der Waals surface area contributed by atoms with Gasteiger partial charge in [-0.05, 0) is 0 Å². The highest BCUT2D eigenvalue weighted by Gasteiger charge is 1.61. The summed E-state index contributed by atoms with van der Waals surface area (Å²) in [5.41, 5.74) is 0. The maximum absolute atomic E-state index is 6.51. The van der Waals surface area contributed by atoms with Crippen LogP contribution in [0.15, 0.2) is 0 Å². The van der Waals surface area contributed by atoms with Crippen molar-refractivity contribution in [1.29, 1.82) is 0 Å². The Balaban J connectivity index is 4.02. The Morgan fingerprint density at radius 1 is 1.50 bits per heavy atom. The second-order valence-electron chi connectivity index (χ2n) is 0.189. The first kappa shape index (κ1) is 1.02. The predicted octanol–water partition coefficient (Wildman–Crippen LogP) is 1.46. The van der Waals surface area contributed by atoms with Crippen LogP contribution in [0.5, 0.6) is 0 Å². The van der Waals surface area contributed by atoms with E-state index in [1.807, 2.05) is 0 Å². The molecule has 0 radical (unpaired) electrons. The largest absolute Gasteiger partial charge is 0.125 e. The summed E-state index contributed by atoms with van der Waals surface area (Å²) in [6.07, 6.45) is 0. The first-order valence-corrected chi connectivity index (χ1v) is 1.38. The van der Waals surface area contributed by atoms with Crippen molar-refractivity contribution in [1.82, 2.24) is 0 Å². The van der Waals surface area contributed by atoms with Crippen LogP contribution in [0.4, 0.5) is 0 Å². The standard InChI is InChI=1S/C2H4Cl2/c3-1-2-4/h1-2H2/i1D2,2D2. The molecule has 26 valence electrons. The number of hydrogen-bond acceptors (Lipinski definition) is 0. The molecule has 0 saturated carbocycles. The third-order valence-corrected chi connectivity index (χ3v) is 0.321. The smallest absolute Gasteiger partial charge is 0.0448 e. The minimum Gasteiger partial charge on any atom is -0.125 e. The van der Waals surface area contributed by atoms with Crippen molar-refractivity contribution in [3.63, 3.8) is 0 Å². The summed E-state index contributed by atoms with van der Waals surface area (Å²) in [5.74, 6) is -4.98. The van der Waals surface area contributed by atoms with Crippen LogP contribution in [0.1, 0.15) is 5.48 Å². The molecule has 0 amide bonds. The zero-order valence-electron chi connectivity index (χ0n) is 5.76. The van der Waals surface area contributed by atoms with Crippen LogP contribution < -0.4 is 0 Å². The Bertz CT molecular complexity index is 67.0. The van der Waals surface area contributed by atoms with Crippen LogP contribution >= 0.6 is 23.2 Å². The Kier molecular flexibility index (Phi) is 0.914. The molecule has 0 heterocycles. The molecule has 0 rings (SSSR count). The van der Waals surface area contributed by atoms with Gasteiger partial charge in [-0.2, -0.15) is 0 Å². The van der Waals surface area contributed by atoms with Gasteiger partial charge in [-0.15, -0.1) is 23.2 Å². The zero-order valence-corrected chi connectivity index (χ0v) is 3.27. The molecule has 0 nitrogen and oxygen atoms in total. The van der Waals surface area contributed by atoms with Crippen molar-refractivity contribution < 1.29 is 5.48 Å². The first-order valence-electron chi connectivity index (χ1n) is 2.63. The lowest BCUT2D eigenvalue weighted by Gasteiger charge is -1.63. The number of halogens is 2. The lowest BCUT2D eigenvalue weighted by molar-refractivity contribution is 1.52. The highest BCUT2D eigenvalue weighted by atomic mass is 35.5. The van der Waals surface area contributed by atoms with Crippen molar-refractivity contribution in [2.75, 3.05) is 11.7 Å². The predicted molar refractivity (Wildman–Crippen MR) is 21.4 cm³/mol. The van der Waals surface area contributed by atoms with E-state index in [2.05, 4.69) is 0 Å². The summed E-state index contributed by atoms with van der Waals surface area (Å²) < 4.78 is 26.0. The molecule has 0 fully saturated rings. The highest BCUT2D eigenvalue weighted by molar-refractivity contribution is 6.25. The molecule has 0 N–H and O–H groups in total. The number of rotatable bonds is 1. The average molecular weight is 103 g/mol. The number of alkyl halides is 2. The summed E-state index contributed by atoms with van der Waals surface area (Å²) >= 11 is 9.67. The third-order valence-electron chi connectivity index (χ3n) is 0.0357. The van der Waals surface area contributed by atoms with Crippen LogP contribution in [0.2, 0.25) is 0 Å². The van der Waals surface area contributed by atoms with Crippen molar-refractivity contribution in [2.45, 2.75) is 0 Å². The molecular weight excluding hydrogens is 94.9 g/mol. The first-order chi connectivity index (χ1) is 3.25. The van der Waals surface area contributed by atoms with Crippen molar-refractivity contribution in [3.8, 4) is 0 Å². The van der Waals surface area contributed by atoms with E-state index in [9.17, 15) is 0 Å². The van der Waals surface area contributed by atoms with E-state index < -0.39 is 11.7 Å². The van der Waals surface area contributed by atoms with Gasteiger partial charge in [0, 0.05) is 17.1 Å². The molecule has 0 aromatic rings. The van der Waals surface area contributed by atoms with Crippen LogP contribution in [0, 0.1) is 0 Å². The minimum atomic E-state index is -2.49. The summed E-state index contributed by atoms with van der Waals surface area (Å²) in [6.45, 7) is 0. The summed E-state index contributed by atoms with van der Waals surface area (Å²) in [5, 5.41) is 0. The maximum atomic E-state index is 6.51. The van der Waals surface area contributed by atoms with E-state index >= 15 is 0 Å². The van der Waals surface area contributed by atoms with Gasteiger partial charge in [0.05, 0.1) is 0 Å². The molecule has 0 atom stereocenters. The Hall–Kier alpha value is 0.580. The van der Waals surface area contributed by atoms with E-state index in [0.29, 0.717) is 0 Å². The fraction of sp³-hybridized carbons (Fsp3) is 1.00. The van der Waals surface area contributed by atoms with Gasteiger partial charge in [-0.3, -0.25) is 0 Å². The zero-order chi connectivity index (χ0) is 7.00. The summed E-state index contributed by atoms with van der Waals surface area (Å²) in [4.78, 5) is 0. The average Bonchev–Trinajstić information content (AvgIpc) is 1.25. The van der Waals surface area contributed by atoms with E-state index in [4.69, 9.17) is 28.7 Å². The Morgan fingerprint density at radius 2 is 1.75 bits per heavy atom. The molecule has 0 aliphatic rings. The highest BCUT2D eigenvalue weighted by Crippen LogP contribution is 1.75. The second-order valence-corrected chi connectivity index (χ2v) is 0.567. The molecule has 0 unspecified atom stereocenters. The van der Waals surface area contributed by atoms with E-state index in [0.717, 1.165) is 0 Å². The van der Waals surface area contributed by atoms with E-state index in [1.165, 1.54) is 0 Å². The van der Waals surface area contributed by atoms with Gasteiger partial charge in [0.1, 0.15) is 0 Å². The molecular formula is C2H4Cl2. The molecule has 0 aromatic heterocycles. The molecule has 0 bridgehead atoms. The van der Waals surface area contributed by atoms with Gasteiger partial charge in [0.25, 0.3) is 0 Å². The molecule has 0 aromatic carbocycles. The van der Waals surface area contributed by atoms with Gasteiger partial charge in [-0.1, -0.05) is 0 Å². The van der Waals surface area contributed by atoms with Gasteiger partial charge in [0.15, 0.2) is 0 Å². The van der Waals surface area contributed by atoms with Crippen LogP contribution in [-0.4, -0.2) is 11.7 Å². The summed E-state index contributed by atoms with van der Waals surface area (Å²) in [7, 11) is 0. The normalized spacial score (nSPS) is 29.5. The molecule has 0 aliphatic carbocycles. The molecule has 0 aliphatic heterocycles. The molecule has 4 heavy (non-hydrogen) atoms. The van der Waals surface area contributed by atoms with Crippen LogP contribution in [0.25, 0.3) is 0 Å². The maximum Gasteiger partial charge on any atom is 0.0448 e. The third kappa shape index (κ3) is 2.58. The van der Waals surface area contributed by atoms with Gasteiger partial charge >= 0.3 is 0 Å². The second kappa shape index (κ2) is 3.58. The number of hydrogen-bond donors (Lipinski definition) is 0. The summed E-state index contributed by atoms with van der Waals surface area (Å²) in [6, 6.07) is 0. The monoisotopic (exact) mass is 102 g/mol. The minimum absolute atomic E-state index is 2.49. The Labute approximate surface area is 41.3 Å². The fourth-order valence-corrected chi connectivity index (χ4v) is 0. The van der Waals surface area contributed by atoms with Gasteiger partial charge in [0.2, 0.25) is 0 Å². The molecule has 0 spiro atoms. The van der Waals surface area contributed by atoms with Crippen LogP contribution in [-0.2, 0) is 0 Å². The van der Waals surface area contributed by atoms with Crippen molar-refractivity contribution in [2.24, 2.45) is 0 Å². The van der Waals surface area contributed by atoms with Crippen molar-refractivity contribution >= 4 is 23.2 Å². The fourth-order valence-electron chi connectivity index (χ4n) is 0. The quantitative estimate of drug-likeness (QED) is 0.440.